The van der Waals surface area contributed by atoms with E-state index in [1.54, 1.807) is 24.3 Å². The number of fused-ring (bicyclic) bond motifs is 1. The van der Waals surface area contributed by atoms with Crippen molar-refractivity contribution in [2.24, 2.45) is 0 Å². The molecule has 3 aromatic rings. The third-order valence-corrected chi connectivity index (χ3v) is 4.62. The Morgan fingerprint density at radius 1 is 1.09 bits per heavy atom. The molecule has 0 bridgehead atoms. The largest absolute Gasteiger partial charge is 0.481 e. The molecule has 0 spiro atoms. The van der Waals surface area contributed by atoms with Gasteiger partial charge in [0.1, 0.15) is 6.04 Å². The third-order valence-electron chi connectivity index (χ3n) is 4.62. The van der Waals surface area contributed by atoms with Gasteiger partial charge in [0, 0.05) is 12.0 Å². The summed E-state index contributed by atoms with van der Waals surface area (Å²) < 4.78 is 0. The van der Waals surface area contributed by atoms with Gasteiger partial charge in [0.05, 0.1) is 11.9 Å². The Morgan fingerprint density at radius 2 is 1.81 bits per heavy atom. The van der Waals surface area contributed by atoms with E-state index in [0.29, 0.717) is 18.5 Å². The summed E-state index contributed by atoms with van der Waals surface area (Å²) in [5.74, 6) is -3.09. The van der Waals surface area contributed by atoms with Crippen LogP contribution >= 0.6 is 0 Å². The molecule has 1 aromatic carbocycles. The normalized spacial score (nSPS) is 11.8. The van der Waals surface area contributed by atoms with Gasteiger partial charge in [-0.05, 0) is 37.0 Å². The van der Waals surface area contributed by atoms with Gasteiger partial charge < -0.3 is 21.3 Å². The van der Waals surface area contributed by atoms with Crippen molar-refractivity contribution in [1.29, 1.82) is 0 Å². The van der Waals surface area contributed by atoms with Gasteiger partial charge >= 0.3 is 11.9 Å². The van der Waals surface area contributed by atoms with E-state index in [1.807, 2.05) is 0 Å². The second kappa shape index (κ2) is 9.64. The number of aromatic nitrogens is 4. The molecule has 1 amide bonds. The molecule has 166 valence electrons. The number of hydrogen-bond acceptors (Lipinski definition) is 8. The van der Waals surface area contributed by atoms with Crippen LogP contribution in [-0.4, -0.2) is 54.0 Å². The van der Waals surface area contributed by atoms with E-state index in [1.165, 1.54) is 6.20 Å². The first-order chi connectivity index (χ1) is 15.2. The summed E-state index contributed by atoms with van der Waals surface area (Å²) in [6, 6.07) is 5.23. The minimum Gasteiger partial charge on any atom is -0.481 e. The fourth-order valence-corrected chi connectivity index (χ4v) is 2.95. The van der Waals surface area contributed by atoms with Crippen LogP contribution in [0.25, 0.3) is 11.2 Å². The number of hydrogen-bond donors (Lipinski definition) is 5. The second-order valence-corrected chi connectivity index (χ2v) is 6.98. The van der Waals surface area contributed by atoms with Gasteiger partial charge in [-0.15, -0.1) is 0 Å². The summed E-state index contributed by atoms with van der Waals surface area (Å²) in [6.07, 6.45) is 1.96. The average molecular weight is 440 g/mol. The van der Waals surface area contributed by atoms with Crippen molar-refractivity contribution < 1.29 is 24.6 Å². The van der Waals surface area contributed by atoms with Gasteiger partial charge in [0.2, 0.25) is 5.95 Å². The van der Waals surface area contributed by atoms with E-state index >= 15 is 0 Å². The SMILES string of the molecule is Nc1nc2ncc(CCc3ccc(C(=O)NC(CCC(=O)O)C(=O)O)cc3)nc2c(=O)[nH]1. The van der Waals surface area contributed by atoms with Crippen LogP contribution < -0.4 is 16.6 Å². The quantitative estimate of drug-likeness (QED) is 0.304. The molecule has 32 heavy (non-hydrogen) atoms. The summed E-state index contributed by atoms with van der Waals surface area (Å²) >= 11 is 0. The maximum absolute atomic E-state index is 12.3. The Balaban J connectivity index is 1.62. The number of H-pyrrole nitrogens is 1. The number of aliphatic carboxylic acids is 2. The Labute approximate surface area is 180 Å². The molecule has 0 aliphatic carbocycles. The summed E-state index contributed by atoms with van der Waals surface area (Å²) in [5, 5.41) is 20.2. The predicted molar refractivity (Wildman–Crippen MR) is 112 cm³/mol. The van der Waals surface area contributed by atoms with Crippen molar-refractivity contribution in [1.82, 2.24) is 25.3 Å². The first-order valence-electron chi connectivity index (χ1n) is 9.58. The molecule has 0 saturated carbocycles. The van der Waals surface area contributed by atoms with Gasteiger partial charge in [-0.2, -0.15) is 4.98 Å². The number of nitrogen functional groups attached to an aromatic ring is 1. The maximum atomic E-state index is 12.3. The number of aromatic amines is 1. The van der Waals surface area contributed by atoms with E-state index in [2.05, 4.69) is 25.3 Å². The number of nitrogens with zero attached hydrogens (tertiary/aromatic N) is 3. The zero-order chi connectivity index (χ0) is 23.3. The summed E-state index contributed by atoms with van der Waals surface area (Å²) in [7, 11) is 0. The van der Waals surface area contributed by atoms with Crippen molar-refractivity contribution in [3.05, 3.63) is 57.6 Å². The average Bonchev–Trinajstić information content (AvgIpc) is 2.75. The van der Waals surface area contributed by atoms with Crippen molar-refractivity contribution >= 4 is 35.0 Å². The molecule has 3 rings (SSSR count). The smallest absolute Gasteiger partial charge is 0.326 e. The Bertz CT molecular complexity index is 1220. The number of nitrogens with one attached hydrogen (secondary N) is 2. The van der Waals surface area contributed by atoms with Crippen LogP contribution in [0.1, 0.15) is 34.5 Å². The van der Waals surface area contributed by atoms with Gasteiger partial charge in [0.15, 0.2) is 11.2 Å². The second-order valence-electron chi connectivity index (χ2n) is 6.98. The van der Waals surface area contributed by atoms with E-state index in [0.717, 1.165) is 5.56 Å². The highest BCUT2D eigenvalue weighted by atomic mass is 16.4. The standard InChI is InChI=1S/C20H20N6O6/c21-20-25-16-15(18(30)26-20)23-12(9-22-16)6-3-10-1-4-11(5-2-10)17(29)24-13(19(31)32)7-8-14(27)28/h1-2,4-5,9,13H,3,6-8H2,(H,24,29)(H,27,28)(H,31,32)(H3,21,22,25,26,30). The fraction of sp³-hybridized carbons (Fsp3) is 0.250. The number of carboxylic acid groups (broad SMARTS) is 2. The lowest BCUT2D eigenvalue weighted by atomic mass is 10.1. The minimum atomic E-state index is -1.30. The zero-order valence-corrected chi connectivity index (χ0v) is 16.7. The molecule has 12 nitrogen and oxygen atoms in total. The predicted octanol–water partition coefficient (Wildman–Crippen LogP) is 0.128. The molecule has 0 fully saturated rings. The highest BCUT2D eigenvalue weighted by Crippen LogP contribution is 2.10. The zero-order valence-electron chi connectivity index (χ0n) is 16.7. The van der Waals surface area contributed by atoms with Crippen LogP contribution in [0.15, 0.2) is 35.3 Å². The van der Waals surface area contributed by atoms with Crippen molar-refractivity contribution in [3.8, 4) is 0 Å². The van der Waals surface area contributed by atoms with Crippen LogP contribution in [-0.2, 0) is 22.4 Å². The molecule has 2 heterocycles. The van der Waals surface area contributed by atoms with Crippen LogP contribution in [0.4, 0.5) is 5.95 Å². The molecular formula is C20H20N6O6. The van der Waals surface area contributed by atoms with Crippen LogP contribution in [0.5, 0.6) is 0 Å². The summed E-state index contributed by atoms with van der Waals surface area (Å²) in [4.78, 5) is 60.8. The number of carboxylic acids is 2. The van der Waals surface area contributed by atoms with Gasteiger partial charge in [-0.25, -0.2) is 14.8 Å². The molecular weight excluding hydrogens is 420 g/mol. The van der Waals surface area contributed by atoms with Gasteiger partial charge in [-0.3, -0.25) is 19.4 Å². The number of aryl methyl sites for hydroxylation is 2. The first-order valence-corrected chi connectivity index (χ1v) is 9.58. The molecule has 0 aliphatic rings. The van der Waals surface area contributed by atoms with E-state index in [9.17, 15) is 19.2 Å². The van der Waals surface area contributed by atoms with Crippen molar-refractivity contribution in [2.45, 2.75) is 31.7 Å². The first kappa shape index (κ1) is 22.3. The van der Waals surface area contributed by atoms with E-state index < -0.39 is 29.4 Å². The Hall–Kier alpha value is -4.35. The minimum absolute atomic E-state index is 0.0368. The summed E-state index contributed by atoms with van der Waals surface area (Å²) in [5.41, 5.74) is 6.98. The molecule has 1 unspecified atom stereocenters. The molecule has 6 N–H and O–H groups in total. The number of benzene rings is 1. The molecule has 0 radical (unpaired) electrons. The van der Waals surface area contributed by atoms with Crippen LogP contribution in [0.2, 0.25) is 0 Å². The van der Waals surface area contributed by atoms with Crippen molar-refractivity contribution in [3.63, 3.8) is 0 Å². The van der Waals surface area contributed by atoms with Crippen molar-refractivity contribution in [2.75, 3.05) is 5.73 Å². The fourth-order valence-electron chi connectivity index (χ4n) is 2.95. The number of nitrogens with two attached hydrogens (primary N) is 1. The third kappa shape index (κ3) is 5.62. The lowest BCUT2D eigenvalue weighted by molar-refractivity contribution is -0.140. The molecule has 12 heteroatoms. The monoisotopic (exact) mass is 440 g/mol. The lowest BCUT2D eigenvalue weighted by Crippen LogP contribution is -2.41. The van der Waals surface area contributed by atoms with E-state index in [-0.39, 0.29) is 35.5 Å². The van der Waals surface area contributed by atoms with E-state index in [4.69, 9.17) is 15.9 Å². The van der Waals surface area contributed by atoms with Crippen LogP contribution in [0, 0.1) is 0 Å². The molecule has 1 atom stereocenters. The summed E-state index contributed by atoms with van der Waals surface area (Å²) in [6.45, 7) is 0. The number of carbonyl (C=O) groups is 3. The number of rotatable bonds is 9. The topological polar surface area (TPSA) is 201 Å². The highest BCUT2D eigenvalue weighted by molar-refractivity contribution is 5.96. The van der Waals surface area contributed by atoms with Gasteiger partial charge in [-0.1, -0.05) is 12.1 Å². The molecule has 0 saturated heterocycles. The van der Waals surface area contributed by atoms with Gasteiger partial charge in [0.25, 0.3) is 11.5 Å². The number of amides is 1. The molecule has 0 aliphatic heterocycles. The van der Waals surface area contributed by atoms with Crippen LogP contribution in [0.3, 0.4) is 0 Å². The highest BCUT2D eigenvalue weighted by Gasteiger charge is 2.21. The number of anilines is 1. The molecule has 2 aromatic heterocycles. The number of carbonyl (C=O) groups excluding carboxylic acids is 1. The Morgan fingerprint density at radius 3 is 2.47 bits per heavy atom. The Kier molecular flexibility index (Phi) is 6.73. The maximum Gasteiger partial charge on any atom is 0.326 e. The lowest BCUT2D eigenvalue weighted by Gasteiger charge is -2.13.